The van der Waals surface area contributed by atoms with Gasteiger partial charge in [0.25, 0.3) is 0 Å². The van der Waals surface area contributed by atoms with Gasteiger partial charge in [-0.2, -0.15) is 0 Å². The predicted octanol–water partition coefficient (Wildman–Crippen LogP) is 3.82. The van der Waals surface area contributed by atoms with E-state index in [1.54, 1.807) is 6.07 Å². The first-order valence-corrected chi connectivity index (χ1v) is 11.1. The molecule has 2 heterocycles. The van der Waals surface area contributed by atoms with Gasteiger partial charge in [-0.1, -0.05) is 26.0 Å². The summed E-state index contributed by atoms with van der Waals surface area (Å²) in [6.45, 7) is 4.67. The molecule has 0 bridgehead atoms. The average molecular weight is 418 g/mol. The lowest BCUT2D eigenvalue weighted by Crippen LogP contribution is -2.33. The number of aliphatic hydroxyl groups is 1. The van der Waals surface area contributed by atoms with Crippen LogP contribution in [0.4, 0.5) is 0 Å². The number of amides is 1. The fourth-order valence-corrected chi connectivity index (χ4v) is 4.27. The van der Waals surface area contributed by atoms with Crippen LogP contribution in [0.1, 0.15) is 60.5 Å². The normalized spacial score (nSPS) is 18.6. The quantitative estimate of drug-likeness (QED) is 0.377. The minimum absolute atomic E-state index is 0.0417. The Bertz CT molecular complexity index is 773. The van der Waals surface area contributed by atoms with Crippen LogP contribution in [0.25, 0.3) is 0 Å². The number of hydrogen-bond acceptors (Lipinski definition) is 5. The van der Waals surface area contributed by atoms with Crippen molar-refractivity contribution in [3.8, 4) is 11.8 Å². The van der Waals surface area contributed by atoms with Crippen LogP contribution in [0.15, 0.2) is 24.3 Å². The molecule has 0 aliphatic carbocycles. The van der Waals surface area contributed by atoms with Gasteiger partial charge in [0.15, 0.2) is 0 Å². The predicted molar refractivity (Wildman–Crippen MR) is 116 cm³/mol. The molecule has 6 heteroatoms. The van der Waals surface area contributed by atoms with Crippen LogP contribution in [0.3, 0.4) is 0 Å². The molecule has 5 nitrogen and oxygen atoms in total. The van der Waals surface area contributed by atoms with Crippen molar-refractivity contribution in [2.75, 3.05) is 13.7 Å². The highest BCUT2D eigenvalue weighted by atomic mass is 32.1. The van der Waals surface area contributed by atoms with Crippen molar-refractivity contribution in [1.82, 2.24) is 4.90 Å². The molecular formula is C23H31NO4S. The second kappa shape index (κ2) is 11.8. The topological polar surface area (TPSA) is 66.8 Å². The smallest absolute Gasteiger partial charge is 0.348 e. The molecule has 0 aromatic carbocycles. The zero-order valence-corrected chi connectivity index (χ0v) is 18.3. The van der Waals surface area contributed by atoms with E-state index in [0.717, 1.165) is 30.6 Å². The van der Waals surface area contributed by atoms with Gasteiger partial charge in [-0.25, -0.2) is 4.79 Å². The van der Waals surface area contributed by atoms with Crippen LogP contribution >= 0.6 is 11.3 Å². The molecule has 29 heavy (non-hydrogen) atoms. The van der Waals surface area contributed by atoms with Crippen molar-refractivity contribution >= 4 is 23.2 Å². The van der Waals surface area contributed by atoms with Gasteiger partial charge in [0.1, 0.15) is 4.88 Å². The van der Waals surface area contributed by atoms with Crippen molar-refractivity contribution in [3.63, 3.8) is 0 Å². The number of nitrogens with zero attached hydrogens (tertiary/aromatic N) is 1. The van der Waals surface area contributed by atoms with Crippen molar-refractivity contribution in [2.45, 2.75) is 64.5 Å². The molecule has 158 valence electrons. The van der Waals surface area contributed by atoms with Crippen LogP contribution in [0.5, 0.6) is 0 Å². The lowest BCUT2D eigenvalue weighted by molar-refractivity contribution is -0.128. The molecule has 1 unspecified atom stereocenters. The summed E-state index contributed by atoms with van der Waals surface area (Å²) >= 11 is 1.44. The molecule has 1 saturated heterocycles. The van der Waals surface area contributed by atoms with E-state index >= 15 is 0 Å². The summed E-state index contributed by atoms with van der Waals surface area (Å²) in [4.78, 5) is 27.4. The van der Waals surface area contributed by atoms with Crippen LogP contribution in [0.2, 0.25) is 0 Å². The third-order valence-corrected chi connectivity index (χ3v) is 6.21. The second-order valence-electron chi connectivity index (χ2n) is 7.32. The maximum atomic E-state index is 12.3. The average Bonchev–Trinajstić information content (AvgIpc) is 3.33. The Morgan fingerprint density at radius 1 is 1.45 bits per heavy atom. The summed E-state index contributed by atoms with van der Waals surface area (Å²) in [5.41, 5.74) is 0. The first-order valence-electron chi connectivity index (χ1n) is 10.2. The lowest BCUT2D eigenvalue weighted by Gasteiger charge is -2.23. The summed E-state index contributed by atoms with van der Waals surface area (Å²) in [5.74, 6) is 6.03. The van der Waals surface area contributed by atoms with E-state index in [9.17, 15) is 14.7 Å². The van der Waals surface area contributed by atoms with E-state index in [-0.39, 0.29) is 23.8 Å². The monoisotopic (exact) mass is 417 g/mol. The molecule has 3 atom stereocenters. The SMILES string of the molecule is CCC#CC[C@H](C)[C@H](O)/C=C/C1CCC(=O)N1CCCc1ccc(C(=O)OC)s1. The summed E-state index contributed by atoms with van der Waals surface area (Å²) in [5, 5.41) is 10.3. The molecule has 2 rings (SSSR count). The van der Waals surface area contributed by atoms with E-state index in [2.05, 4.69) is 11.8 Å². The number of esters is 1. The third-order valence-electron chi connectivity index (χ3n) is 5.08. The Kier molecular flexibility index (Phi) is 9.43. The Balaban J connectivity index is 1.85. The molecule has 1 aliphatic heterocycles. The van der Waals surface area contributed by atoms with Gasteiger partial charge in [0, 0.05) is 30.7 Å². The number of aryl methyl sites for hydroxylation is 1. The first-order chi connectivity index (χ1) is 14.0. The Morgan fingerprint density at radius 2 is 2.24 bits per heavy atom. The van der Waals surface area contributed by atoms with E-state index in [1.807, 2.05) is 37.0 Å². The number of ether oxygens (including phenoxy) is 1. The highest BCUT2D eigenvalue weighted by molar-refractivity contribution is 7.13. The Hall–Kier alpha value is -2.10. The number of thiophene rings is 1. The zero-order valence-electron chi connectivity index (χ0n) is 17.5. The summed E-state index contributed by atoms with van der Waals surface area (Å²) in [6.07, 6.45) is 7.72. The summed E-state index contributed by atoms with van der Waals surface area (Å²) in [6, 6.07) is 3.77. The number of rotatable bonds is 9. The van der Waals surface area contributed by atoms with Gasteiger partial charge in [-0.3, -0.25) is 4.79 Å². The summed E-state index contributed by atoms with van der Waals surface area (Å²) in [7, 11) is 1.38. The van der Waals surface area contributed by atoms with E-state index < -0.39 is 6.10 Å². The van der Waals surface area contributed by atoms with Crippen LogP contribution in [-0.4, -0.2) is 47.7 Å². The molecule has 1 aromatic heterocycles. The Labute approximate surface area is 177 Å². The lowest BCUT2D eigenvalue weighted by atomic mass is 10.00. The number of aliphatic hydroxyl groups excluding tert-OH is 1. The molecular weight excluding hydrogens is 386 g/mol. The number of likely N-dealkylation sites (tertiary alicyclic amines) is 1. The molecule has 1 N–H and O–H groups in total. The van der Waals surface area contributed by atoms with Gasteiger partial charge in [0.05, 0.1) is 19.3 Å². The van der Waals surface area contributed by atoms with Crippen LogP contribution < -0.4 is 0 Å². The van der Waals surface area contributed by atoms with Gasteiger partial charge >= 0.3 is 5.97 Å². The number of hydrogen-bond donors (Lipinski definition) is 1. The fourth-order valence-electron chi connectivity index (χ4n) is 3.30. The first kappa shape index (κ1) is 23.2. The molecule has 0 radical (unpaired) electrons. The number of methoxy groups -OCH3 is 1. The standard InChI is InChI=1S/C23H31NO4S/c1-4-5-6-8-17(2)20(25)13-10-18-11-15-22(26)24(18)16-7-9-19-12-14-21(29-19)23(27)28-3/h10,12-14,17-18,20,25H,4,7-9,11,15-16H2,1-3H3/b13-10+/t17-,18?,20+/m0/s1. The number of carbonyl (C=O) groups is 2. The molecule has 1 amide bonds. The van der Waals surface area contributed by atoms with Crippen LogP contribution in [0, 0.1) is 17.8 Å². The zero-order chi connectivity index (χ0) is 21.2. The highest BCUT2D eigenvalue weighted by Crippen LogP contribution is 2.23. The highest BCUT2D eigenvalue weighted by Gasteiger charge is 2.28. The van der Waals surface area contributed by atoms with E-state index in [0.29, 0.717) is 24.3 Å². The largest absolute Gasteiger partial charge is 0.465 e. The van der Waals surface area contributed by atoms with Gasteiger partial charge in [-0.15, -0.1) is 23.2 Å². The van der Waals surface area contributed by atoms with Crippen molar-refractivity contribution in [1.29, 1.82) is 0 Å². The second-order valence-corrected chi connectivity index (χ2v) is 8.49. The van der Waals surface area contributed by atoms with Crippen molar-refractivity contribution in [3.05, 3.63) is 34.0 Å². The molecule has 1 aromatic rings. The van der Waals surface area contributed by atoms with Gasteiger partial charge in [-0.05, 0) is 37.3 Å². The minimum Gasteiger partial charge on any atom is -0.465 e. The van der Waals surface area contributed by atoms with E-state index in [4.69, 9.17) is 4.74 Å². The maximum Gasteiger partial charge on any atom is 0.348 e. The van der Waals surface area contributed by atoms with Crippen molar-refractivity contribution in [2.24, 2.45) is 5.92 Å². The fraction of sp³-hybridized carbons (Fsp3) is 0.565. The maximum absolute atomic E-state index is 12.3. The molecule has 0 saturated carbocycles. The third kappa shape index (κ3) is 7.02. The minimum atomic E-state index is -0.554. The molecule has 0 spiro atoms. The summed E-state index contributed by atoms with van der Waals surface area (Å²) < 4.78 is 4.74. The molecule has 1 fully saturated rings. The van der Waals surface area contributed by atoms with Crippen LogP contribution in [-0.2, 0) is 16.0 Å². The van der Waals surface area contributed by atoms with Crippen molar-refractivity contribution < 1.29 is 19.4 Å². The molecule has 1 aliphatic rings. The van der Waals surface area contributed by atoms with Gasteiger partial charge < -0.3 is 14.7 Å². The van der Waals surface area contributed by atoms with E-state index in [1.165, 1.54) is 18.4 Å². The number of carbonyl (C=O) groups excluding carboxylic acids is 2. The van der Waals surface area contributed by atoms with Gasteiger partial charge in [0.2, 0.25) is 5.91 Å². The Morgan fingerprint density at radius 3 is 2.97 bits per heavy atom.